The summed E-state index contributed by atoms with van der Waals surface area (Å²) < 4.78 is 0.697. The fourth-order valence-electron chi connectivity index (χ4n) is 1.99. The monoisotopic (exact) mass is 424 g/mol. The zero-order valence-corrected chi connectivity index (χ0v) is 16.7. The molecule has 2 aromatic carbocycles. The van der Waals surface area contributed by atoms with Gasteiger partial charge in [0.25, 0.3) is 0 Å². The predicted octanol–water partition coefficient (Wildman–Crippen LogP) is 5.71. The second kappa shape index (κ2) is 8.73. The first-order valence-electron chi connectivity index (χ1n) is 7.60. The minimum Gasteiger partial charge on any atom is -0.330 e. The summed E-state index contributed by atoms with van der Waals surface area (Å²) >= 11 is 14.8. The molecule has 5 nitrogen and oxygen atoms in total. The summed E-state index contributed by atoms with van der Waals surface area (Å²) in [6.45, 7) is 1.80. The maximum absolute atomic E-state index is 12.4. The van der Waals surface area contributed by atoms with Crippen LogP contribution < -0.4 is 10.6 Å². The highest BCUT2D eigenvalue weighted by Crippen LogP contribution is 2.33. The summed E-state index contributed by atoms with van der Waals surface area (Å²) in [6, 6.07) is 14.8. The molecule has 0 radical (unpaired) electrons. The Labute approximate surface area is 169 Å². The highest BCUT2D eigenvalue weighted by Gasteiger charge is 2.18. The number of carbonyl (C=O) groups is 1. The topological polar surface area (TPSA) is 66.9 Å². The maximum Gasteiger partial charge on any atom is 0.237 e. The van der Waals surface area contributed by atoms with E-state index in [1.54, 1.807) is 25.1 Å². The van der Waals surface area contributed by atoms with Gasteiger partial charge in [0.1, 0.15) is 0 Å². The van der Waals surface area contributed by atoms with Gasteiger partial charge in [-0.3, -0.25) is 4.79 Å². The molecule has 1 amide bonds. The molecule has 2 N–H and O–H groups in total. The first kappa shape index (κ1) is 19.0. The van der Waals surface area contributed by atoms with E-state index in [9.17, 15) is 4.79 Å². The van der Waals surface area contributed by atoms with Crippen molar-refractivity contribution in [3.63, 3.8) is 0 Å². The molecular formula is C17H14Cl2N4OS2. The Morgan fingerprint density at radius 1 is 1.12 bits per heavy atom. The summed E-state index contributed by atoms with van der Waals surface area (Å²) in [5.41, 5.74) is 1.42. The maximum atomic E-state index is 12.4. The van der Waals surface area contributed by atoms with Gasteiger partial charge in [0.15, 0.2) is 4.34 Å². The molecule has 3 rings (SSSR count). The van der Waals surface area contributed by atoms with Crippen LogP contribution in [0.15, 0.2) is 52.9 Å². The van der Waals surface area contributed by atoms with Crippen molar-refractivity contribution >= 4 is 68.7 Å². The number of benzene rings is 2. The molecule has 0 fully saturated rings. The number of rotatable bonds is 6. The van der Waals surface area contributed by atoms with Crippen LogP contribution in [0.25, 0.3) is 0 Å². The van der Waals surface area contributed by atoms with E-state index in [2.05, 4.69) is 20.8 Å². The second-order valence-corrected chi connectivity index (χ2v) is 8.57. The number of anilines is 3. The van der Waals surface area contributed by atoms with Crippen LogP contribution in [0.3, 0.4) is 0 Å². The van der Waals surface area contributed by atoms with E-state index in [4.69, 9.17) is 23.2 Å². The molecule has 1 atom stereocenters. The van der Waals surface area contributed by atoms with Crippen molar-refractivity contribution in [2.45, 2.75) is 16.5 Å². The van der Waals surface area contributed by atoms with Gasteiger partial charge in [-0.05, 0) is 31.2 Å². The average molecular weight is 425 g/mol. The van der Waals surface area contributed by atoms with Crippen molar-refractivity contribution < 1.29 is 4.79 Å². The number of para-hydroxylation sites is 1. The summed E-state index contributed by atoms with van der Waals surface area (Å²) in [5, 5.41) is 15.2. The van der Waals surface area contributed by atoms with E-state index >= 15 is 0 Å². The molecule has 3 aromatic rings. The van der Waals surface area contributed by atoms with Crippen LogP contribution >= 0.6 is 46.3 Å². The third kappa shape index (κ3) is 4.88. The summed E-state index contributed by atoms with van der Waals surface area (Å²) in [5.74, 6) is -0.188. The summed E-state index contributed by atoms with van der Waals surface area (Å²) in [4.78, 5) is 12.4. The molecule has 26 heavy (non-hydrogen) atoms. The molecule has 1 heterocycles. The average Bonchev–Trinajstić information content (AvgIpc) is 3.06. The van der Waals surface area contributed by atoms with Gasteiger partial charge in [-0.1, -0.05) is 70.6 Å². The van der Waals surface area contributed by atoms with Crippen LogP contribution in [0.1, 0.15) is 6.92 Å². The number of nitrogens with one attached hydrogen (secondary N) is 2. The summed E-state index contributed by atoms with van der Waals surface area (Å²) in [7, 11) is 0. The van der Waals surface area contributed by atoms with E-state index in [0.717, 1.165) is 5.69 Å². The lowest BCUT2D eigenvalue weighted by Crippen LogP contribution is -2.22. The Hall–Kier alpha value is -1.80. The highest BCUT2D eigenvalue weighted by molar-refractivity contribution is 8.02. The predicted molar refractivity (Wildman–Crippen MR) is 110 cm³/mol. The van der Waals surface area contributed by atoms with Crippen molar-refractivity contribution in [3.8, 4) is 0 Å². The van der Waals surface area contributed by atoms with Gasteiger partial charge >= 0.3 is 0 Å². The molecule has 0 saturated heterocycles. The van der Waals surface area contributed by atoms with Crippen LogP contribution in [0.5, 0.6) is 0 Å². The van der Waals surface area contributed by atoms with Gasteiger partial charge in [0, 0.05) is 5.69 Å². The number of halogens is 2. The minimum atomic E-state index is -0.373. The number of nitrogens with zero attached hydrogens (tertiary/aromatic N) is 2. The molecule has 1 aromatic heterocycles. The quantitative estimate of drug-likeness (QED) is 0.496. The van der Waals surface area contributed by atoms with Crippen molar-refractivity contribution in [2.24, 2.45) is 0 Å². The fourth-order valence-corrected chi connectivity index (χ4v) is 4.26. The number of hydrogen-bond acceptors (Lipinski definition) is 6. The first-order chi connectivity index (χ1) is 12.5. The Morgan fingerprint density at radius 2 is 1.88 bits per heavy atom. The highest BCUT2D eigenvalue weighted by atomic mass is 35.5. The van der Waals surface area contributed by atoms with Gasteiger partial charge in [-0.25, -0.2) is 0 Å². The number of carbonyl (C=O) groups excluding carboxylic acids is 1. The lowest BCUT2D eigenvalue weighted by atomic mass is 10.3. The van der Waals surface area contributed by atoms with E-state index < -0.39 is 0 Å². The Balaban J connectivity index is 1.60. The second-order valence-electron chi connectivity index (χ2n) is 5.21. The molecule has 0 saturated carbocycles. The molecule has 0 bridgehead atoms. The van der Waals surface area contributed by atoms with Crippen LogP contribution in [0, 0.1) is 0 Å². The molecule has 9 heteroatoms. The van der Waals surface area contributed by atoms with Crippen molar-refractivity contribution in [1.29, 1.82) is 0 Å². The van der Waals surface area contributed by atoms with Gasteiger partial charge in [0.2, 0.25) is 11.0 Å². The van der Waals surface area contributed by atoms with E-state index in [1.165, 1.54) is 23.1 Å². The van der Waals surface area contributed by atoms with Crippen molar-refractivity contribution in [3.05, 3.63) is 58.6 Å². The molecule has 1 unspecified atom stereocenters. The molecule has 0 aliphatic carbocycles. The SMILES string of the molecule is CC(Sc1nnc(Nc2ccccc2)s1)C(=O)Nc1cccc(Cl)c1Cl. The normalized spacial score (nSPS) is 11.8. The zero-order valence-electron chi connectivity index (χ0n) is 13.6. The standard InChI is InChI=1S/C17H14Cl2N4OS2/c1-10(15(24)21-13-9-5-8-12(18)14(13)19)25-17-23-22-16(26-17)20-11-6-3-2-4-7-11/h2-10H,1H3,(H,20,22)(H,21,24). The van der Waals surface area contributed by atoms with Gasteiger partial charge in [-0.15, -0.1) is 10.2 Å². The van der Waals surface area contributed by atoms with E-state index in [-0.39, 0.29) is 11.2 Å². The van der Waals surface area contributed by atoms with Crippen molar-refractivity contribution in [2.75, 3.05) is 10.6 Å². The van der Waals surface area contributed by atoms with Crippen molar-refractivity contribution in [1.82, 2.24) is 10.2 Å². The zero-order chi connectivity index (χ0) is 18.5. The lowest BCUT2D eigenvalue weighted by molar-refractivity contribution is -0.115. The van der Waals surface area contributed by atoms with Crippen LogP contribution in [0.4, 0.5) is 16.5 Å². The smallest absolute Gasteiger partial charge is 0.237 e. The van der Waals surface area contributed by atoms with Crippen LogP contribution in [-0.2, 0) is 4.79 Å². The van der Waals surface area contributed by atoms with Crippen LogP contribution in [-0.4, -0.2) is 21.4 Å². The first-order valence-corrected chi connectivity index (χ1v) is 10.1. The lowest BCUT2D eigenvalue weighted by Gasteiger charge is -2.11. The number of thioether (sulfide) groups is 1. The van der Waals surface area contributed by atoms with Gasteiger partial charge in [0.05, 0.1) is 21.0 Å². The minimum absolute atomic E-state index is 0.188. The van der Waals surface area contributed by atoms with E-state index in [1.807, 2.05) is 30.3 Å². The molecule has 0 aliphatic rings. The molecular weight excluding hydrogens is 411 g/mol. The molecule has 0 spiro atoms. The fraction of sp³-hybridized carbons (Fsp3) is 0.118. The summed E-state index contributed by atoms with van der Waals surface area (Å²) in [6.07, 6.45) is 0. The Kier molecular flexibility index (Phi) is 6.37. The Morgan fingerprint density at radius 3 is 2.65 bits per heavy atom. The van der Waals surface area contributed by atoms with Gasteiger partial charge < -0.3 is 10.6 Å². The Bertz CT molecular complexity index is 905. The van der Waals surface area contributed by atoms with E-state index in [0.29, 0.717) is 25.2 Å². The molecule has 0 aliphatic heterocycles. The van der Waals surface area contributed by atoms with Crippen LogP contribution in [0.2, 0.25) is 10.0 Å². The number of hydrogen-bond donors (Lipinski definition) is 2. The third-order valence-corrected chi connectivity index (χ3v) is 6.13. The van der Waals surface area contributed by atoms with Gasteiger partial charge in [-0.2, -0.15) is 0 Å². The molecule has 134 valence electrons. The third-order valence-electron chi connectivity index (χ3n) is 3.29. The largest absolute Gasteiger partial charge is 0.330 e. The number of amides is 1. The number of aromatic nitrogens is 2.